The minimum atomic E-state index is -0.118. The molecule has 4 heteroatoms. The lowest BCUT2D eigenvalue weighted by molar-refractivity contribution is 0.310. The summed E-state index contributed by atoms with van der Waals surface area (Å²) < 4.78 is 5.33. The first-order chi connectivity index (χ1) is 8.56. The van der Waals surface area contributed by atoms with Crippen molar-refractivity contribution in [2.45, 2.75) is 64.8 Å². The second-order valence-electron chi connectivity index (χ2n) is 6.20. The Morgan fingerprint density at radius 1 is 1.39 bits per heavy atom. The molecule has 18 heavy (non-hydrogen) atoms. The summed E-state index contributed by atoms with van der Waals surface area (Å²) in [5.41, 5.74) is 6.07. The standard InChI is InChI=1S/C14H25N3O/c1-9(2)7-12(15)14-16-13(17-18-14)11-6-4-5-10(3)8-11/h9-12H,4-8,15H2,1-3H3. The molecule has 3 atom stereocenters. The molecular weight excluding hydrogens is 226 g/mol. The molecule has 3 unspecified atom stereocenters. The number of aromatic nitrogens is 2. The monoisotopic (exact) mass is 251 g/mol. The van der Waals surface area contributed by atoms with E-state index in [1.54, 1.807) is 0 Å². The van der Waals surface area contributed by atoms with Crippen LogP contribution in [0.15, 0.2) is 4.52 Å². The molecule has 0 aromatic carbocycles. The average Bonchev–Trinajstić information content (AvgIpc) is 2.77. The van der Waals surface area contributed by atoms with Gasteiger partial charge in [0.1, 0.15) is 0 Å². The van der Waals surface area contributed by atoms with Crippen LogP contribution in [0, 0.1) is 11.8 Å². The normalized spacial score (nSPS) is 26.5. The number of nitrogens with zero attached hydrogens (tertiary/aromatic N) is 2. The predicted molar refractivity (Wildman–Crippen MR) is 71.1 cm³/mol. The van der Waals surface area contributed by atoms with Gasteiger partial charge in [0.15, 0.2) is 5.82 Å². The Morgan fingerprint density at radius 2 is 2.17 bits per heavy atom. The molecule has 1 aromatic rings. The Balaban J connectivity index is 2.01. The van der Waals surface area contributed by atoms with Crippen molar-refractivity contribution in [3.8, 4) is 0 Å². The van der Waals surface area contributed by atoms with Crippen molar-refractivity contribution in [2.75, 3.05) is 0 Å². The van der Waals surface area contributed by atoms with E-state index in [2.05, 4.69) is 30.9 Å². The zero-order valence-electron chi connectivity index (χ0n) is 11.7. The quantitative estimate of drug-likeness (QED) is 0.890. The van der Waals surface area contributed by atoms with Crippen molar-refractivity contribution in [3.63, 3.8) is 0 Å². The van der Waals surface area contributed by atoms with E-state index in [0.717, 1.165) is 18.2 Å². The third-order valence-corrected chi connectivity index (χ3v) is 3.80. The Labute approximate surface area is 109 Å². The molecule has 0 amide bonds. The van der Waals surface area contributed by atoms with E-state index in [1.165, 1.54) is 25.7 Å². The van der Waals surface area contributed by atoms with Crippen LogP contribution in [-0.2, 0) is 0 Å². The van der Waals surface area contributed by atoms with Crippen molar-refractivity contribution in [3.05, 3.63) is 11.7 Å². The van der Waals surface area contributed by atoms with Gasteiger partial charge in [0, 0.05) is 5.92 Å². The molecule has 102 valence electrons. The molecule has 1 heterocycles. The lowest BCUT2D eigenvalue weighted by Crippen LogP contribution is -2.15. The summed E-state index contributed by atoms with van der Waals surface area (Å²) in [5, 5.41) is 4.14. The van der Waals surface area contributed by atoms with E-state index in [-0.39, 0.29) is 6.04 Å². The Bertz CT molecular complexity index is 375. The second-order valence-corrected chi connectivity index (χ2v) is 6.20. The molecule has 2 rings (SSSR count). The fourth-order valence-corrected chi connectivity index (χ4v) is 2.84. The van der Waals surface area contributed by atoms with Gasteiger partial charge in [0.25, 0.3) is 0 Å². The van der Waals surface area contributed by atoms with Crippen LogP contribution in [0.1, 0.15) is 76.6 Å². The zero-order valence-corrected chi connectivity index (χ0v) is 11.7. The maximum absolute atomic E-state index is 6.07. The van der Waals surface area contributed by atoms with Gasteiger partial charge in [0.05, 0.1) is 6.04 Å². The van der Waals surface area contributed by atoms with E-state index in [0.29, 0.717) is 17.7 Å². The third-order valence-electron chi connectivity index (χ3n) is 3.80. The molecule has 0 bridgehead atoms. The number of hydrogen-bond acceptors (Lipinski definition) is 4. The molecule has 1 saturated carbocycles. The van der Waals surface area contributed by atoms with Gasteiger partial charge in [-0.1, -0.05) is 38.8 Å². The summed E-state index contributed by atoms with van der Waals surface area (Å²) in [5.74, 6) is 3.27. The maximum Gasteiger partial charge on any atom is 0.243 e. The van der Waals surface area contributed by atoms with Crippen LogP contribution in [-0.4, -0.2) is 10.1 Å². The van der Waals surface area contributed by atoms with Gasteiger partial charge in [-0.2, -0.15) is 4.98 Å². The SMILES string of the molecule is CC(C)CC(N)c1nc(C2CCCC(C)C2)no1. The number of nitrogens with two attached hydrogens (primary N) is 1. The van der Waals surface area contributed by atoms with Crippen LogP contribution in [0.5, 0.6) is 0 Å². The van der Waals surface area contributed by atoms with Crippen molar-refractivity contribution >= 4 is 0 Å². The summed E-state index contributed by atoms with van der Waals surface area (Å²) in [6, 6.07) is -0.118. The predicted octanol–water partition coefficient (Wildman–Crippen LogP) is 3.41. The van der Waals surface area contributed by atoms with Gasteiger partial charge in [-0.15, -0.1) is 0 Å². The van der Waals surface area contributed by atoms with E-state index < -0.39 is 0 Å². The van der Waals surface area contributed by atoms with Crippen LogP contribution < -0.4 is 5.73 Å². The zero-order chi connectivity index (χ0) is 13.1. The van der Waals surface area contributed by atoms with Crippen molar-refractivity contribution in [1.82, 2.24) is 10.1 Å². The third kappa shape index (κ3) is 3.31. The highest BCUT2D eigenvalue weighted by Crippen LogP contribution is 2.34. The van der Waals surface area contributed by atoms with Crippen molar-refractivity contribution in [1.29, 1.82) is 0 Å². The number of hydrogen-bond donors (Lipinski definition) is 1. The smallest absolute Gasteiger partial charge is 0.243 e. The lowest BCUT2D eigenvalue weighted by Gasteiger charge is -2.23. The fourth-order valence-electron chi connectivity index (χ4n) is 2.84. The summed E-state index contributed by atoms with van der Waals surface area (Å²) in [4.78, 5) is 4.52. The topological polar surface area (TPSA) is 64.9 Å². The van der Waals surface area contributed by atoms with Crippen LogP contribution in [0.3, 0.4) is 0 Å². The van der Waals surface area contributed by atoms with Gasteiger partial charge in [-0.25, -0.2) is 0 Å². The first-order valence-corrected chi connectivity index (χ1v) is 7.15. The van der Waals surface area contributed by atoms with Crippen molar-refractivity contribution < 1.29 is 4.52 Å². The number of rotatable bonds is 4. The van der Waals surface area contributed by atoms with Crippen LogP contribution in [0.25, 0.3) is 0 Å². The molecule has 0 aliphatic heterocycles. The molecule has 4 nitrogen and oxygen atoms in total. The molecule has 1 aromatic heterocycles. The lowest BCUT2D eigenvalue weighted by atomic mass is 9.82. The molecule has 0 saturated heterocycles. The first kappa shape index (κ1) is 13.5. The largest absolute Gasteiger partial charge is 0.338 e. The molecule has 1 fully saturated rings. The molecule has 1 aliphatic carbocycles. The van der Waals surface area contributed by atoms with E-state index in [9.17, 15) is 0 Å². The van der Waals surface area contributed by atoms with Crippen LogP contribution in [0.4, 0.5) is 0 Å². The van der Waals surface area contributed by atoms with Crippen LogP contribution in [0.2, 0.25) is 0 Å². The van der Waals surface area contributed by atoms with E-state index in [4.69, 9.17) is 10.3 Å². The summed E-state index contributed by atoms with van der Waals surface area (Å²) in [6.07, 6.45) is 5.85. The molecule has 0 spiro atoms. The average molecular weight is 251 g/mol. The summed E-state index contributed by atoms with van der Waals surface area (Å²) >= 11 is 0. The maximum atomic E-state index is 6.07. The van der Waals surface area contributed by atoms with E-state index >= 15 is 0 Å². The summed E-state index contributed by atoms with van der Waals surface area (Å²) in [7, 11) is 0. The van der Waals surface area contributed by atoms with E-state index in [1.807, 2.05) is 0 Å². The highest BCUT2D eigenvalue weighted by Gasteiger charge is 2.25. The molecule has 1 aliphatic rings. The van der Waals surface area contributed by atoms with Crippen molar-refractivity contribution in [2.24, 2.45) is 17.6 Å². The van der Waals surface area contributed by atoms with Crippen LogP contribution >= 0.6 is 0 Å². The Kier molecular flexibility index (Phi) is 4.38. The van der Waals surface area contributed by atoms with Gasteiger partial charge in [-0.05, 0) is 31.1 Å². The minimum absolute atomic E-state index is 0.118. The van der Waals surface area contributed by atoms with Gasteiger partial charge in [0.2, 0.25) is 5.89 Å². The second kappa shape index (κ2) is 5.83. The summed E-state index contributed by atoms with van der Waals surface area (Å²) in [6.45, 7) is 6.61. The highest BCUT2D eigenvalue weighted by atomic mass is 16.5. The fraction of sp³-hybridized carbons (Fsp3) is 0.857. The minimum Gasteiger partial charge on any atom is -0.338 e. The van der Waals surface area contributed by atoms with Gasteiger partial charge < -0.3 is 10.3 Å². The molecule has 0 radical (unpaired) electrons. The molecular formula is C14H25N3O. The van der Waals surface area contributed by atoms with Gasteiger partial charge >= 0.3 is 0 Å². The van der Waals surface area contributed by atoms with Gasteiger partial charge in [-0.3, -0.25) is 0 Å². The highest BCUT2D eigenvalue weighted by molar-refractivity contribution is 5.00. The Hall–Kier alpha value is -0.900. The molecule has 2 N–H and O–H groups in total. The first-order valence-electron chi connectivity index (χ1n) is 7.15. The Morgan fingerprint density at radius 3 is 2.83 bits per heavy atom.